The van der Waals surface area contributed by atoms with E-state index in [-0.39, 0.29) is 10.8 Å². The average molecular weight is 351 g/mol. The summed E-state index contributed by atoms with van der Waals surface area (Å²) in [5, 5.41) is 0. The van der Waals surface area contributed by atoms with E-state index in [0.29, 0.717) is 0 Å². The molecule has 2 aromatic carbocycles. The molecule has 0 saturated carbocycles. The molecule has 128 valence electrons. The van der Waals surface area contributed by atoms with E-state index >= 15 is 0 Å². The molecule has 0 amide bonds. The van der Waals surface area contributed by atoms with Gasteiger partial charge in [-0.2, -0.15) is 0 Å². The fraction of sp³-hybridized carbons (Fsp3) is 0.143. The zero-order valence-corrected chi connectivity index (χ0v) is 15.0. The van der Waals surface area contributed by atoms with Crippen LogP contribution >= 0.6 is 0 Å². The molecular weight excluding hydrogens is 330 g/mol. The summed E-state index contributed by atoms with van der Waals surface area (Å²) in [5.41, 5.74) is 1.89. The molecule has 25 heavy (non-hydrogen) atoms. The van der Waals surface area contributed by atoms with Crippen LogP contribution in [0.1, 0.15) is 17.0 Å². The predicted octanol–water partition coefficient (Wildman–Crippen LogP) is 4.10. The molecule has 4 heteroatoms. The highest BCUT2D eigenvalue weighted by molar-refractivity contribution is 7.89. The molecule has 0 aliphatic heterocycles. The highest BCUT2D eigenvalue weighted by Crippen LogP contribution is 2.29. The van der Waals surface area contributed by atoms with Crippen LogP contribution in [-0.4, -0.2) is 18.8 Å². The van der Waals surface area contributed by atoms with Gasteiger partial charge < -0.3 is 0 Å². The molecule has 0 N–H and O–H groups in total. The smallest absolute Gasteiger partial charge is 0.217 e. The van der Waals surface area contributed by atoms with E-state index in [9.17, 15) is 8.42 Å². The van der Waals surface area contributed by atoms with Crippen molar-refractivity contribution >= 4 is 10.0 Å². The Labute approximate surface area is 150 Å². The lowest BCUT2D eigenvalue weighted by Crippen LogP contribution is -2.38. The van der Waals surface area contributed by atoms with E-state index in [1.807, 2.05) is 37.3 Å². The lowest BCUT2D eigenvalue weighted by atomic mass is 9.91. The Bertz CT molecular complexity index is 878. The van der Waals surface area contributed by atoms with Crippen molar-refractivity contribution in [2.75, 3.05) is 0 Å². The topological polar surface area (TPSA) is 37.4 Å². The van der Waals surface area contributed by atoms with Gasteiger partial charge in [0, 0.05) is 12.0 Å². The number of sulfonamides is 1. The molecular formula is C21H21NO2S. The summed E-state index contributed by atoms with van der Waals surface area (Å²) in [6.45, 7) is 9.54. The van der Waals surface area contributed by atoms with E-state index in [2.05, 4.69) is 19.2 Å². The van der Waals surface area contributed by atoms with Gasteiger partial charge in [0.2, 0.25) is 0 Å². The van der Waals surface area contributed by atoms with Gasteiger partial charge in [-0.3, -0.25) is 0 Å². The molecule has 0 aliphatic carbocycles. The van der Waals surface area contributed by atoms with Gasteiger partial charge in [-0.15, -0.1) is 13.2 Å². The zero-order chi connectivity index (χ0) is 18.4. The fourth-order valence-corrected chi connectivity index (χ4v) is 4.06. The van der Waals surface area contributed by atoms with Crippen LogP contribution in [-0.2, 0) is 10.0 Å². The van der Waals surface area contributed by atoms with Gasteiger partial charge in [0.1, 0.15) is 0 Å². The molecule has 0 aliphatic rings. The fourth-order valence-electron chi connectivity index (χ4n) is 2.68. The Hall–Kier alpha value is -2.77. The summed E-state index contributed by atoms with van der Waals surface area (Å²) < 4.78 is 27.1. The van der Waals surface area contributed by atoms with Crippen LogP contribution in [0.4, 0.5) is 0 Å². The molecule has 0 radical (unpaired) electrons. The first kappa shape index (κ1) is 18.6. The number of benzene rings is 2. The second kappa shape index (κ2) is 7.87. The third-order valence-electron chi connectivity index (χ3n) is 4.02. The standard InChI is InChI=1S/C21H21NO2S/c1-5-20(18-11-9-8-10-12-18)21(6-2)22(7-3)25(23,24)19-15-13-17(4)14-16-19/h3,5-6,8-16,20-21H,1-2H2,4H3. The zero-order valence-electron chi connectivity index (χ0n) is 14.2. The van der Waals surface area contributed by atoms with Crippen molar-refractivity contribution in [3.05, 3.63) is 91.0 Å². The largest absolute Gasteiger partial charge is 0.271 e. The molecule has 2 atom stereocenters. The van der Waals surface area contributed by atoms with Crippen LogP contribution in [0.25, 0.3) is 0 Å². The van der Waals surface area contributed by atoms with E-state index in [1.165, 1.54) is 0 Å². The summed E-state index contributed by atoms with van der Waals surface area (Å²) in [7, 11) is -3.86. The minimum absolute atomic E-state index is 0.152. The van der Waals surface area contributed by atoms with Gasteiger partial charge in [0.25, 0.3) is 10.0 Å². The molecule has 2 unspecified atom stereocenters. The Kier molecular flexibility index (Phi) is 5.84. The van der Waals surface area contributed by atoms with E-state index < -0.39 is 16.1 Å². The molecule has 0 bridgehead atoms. The van der Waals surface area contributed by atoms with Crippen molar-refractivity contribution in [2.45, 2.75) is 23.8 Å². The second-order valence-electron chi connectivity index (χ2n) is 5.64. The van der Waals surface area contributed by atoms with Crippen molar-refractivity contribution in [1.82, 2.24) is 4.31 Å². The van der Waals surface area contributed by atoms with E-state index in [1.54, 1.807) is 36.4 Å². The van der Waals surface area contributed by atoms with Crippen molar-refractivity contribution in [1.29, 1.82) is 0 Å². The Balaban J connectivity index is 2.49. The van der Waals surface area contributed by atoms with Crippen molar-refractivity contribution < 1.29 is 8.42 Å². The van der Waals surface area contributed by atoms with Crippen LogP contribution in [0.3, 0.4) is 0 Å². The van der Waals surface area contributed by atoms with Gasteiger partial charge >= 0.3 is 0 Å². The summed E-state index contributed by atoms with van der Waals surface area (Å²) >= 11 is 0. The maximum atomic E-state index is 13.0. The number of hydrogen-bond donors (Lipinski definition) is 0. The summed E-state index contributed by atoms with van der Waals surface area (Å²) in [5.74, 6) is -0.310. The molecule has 0 spiro atoms. The van der Waals surface area contributed by atoms with Gasteiger partial charge in [-0.25, -0.2) is 12.7 Å². The quantitative estimate of drug-likeness (QED) is 0.428. The van der Waals surface area contributed by atoms with Crippen LogP contribution < -0.4 is 0 Å². The SMILES string of the molecule is C#CN(C(C=C)C(C=C)c1ccccc1)S(=O)(=O)c1ccc(C)cc1. The summed E-state index contributed by atoms with van der Waals surface area (Å²) in [6.07, 6.45) is 8.83. The van der Waals surface area contributed by atoms with E-state index in [4.69, 9.17) is 6.42 Å². The van der Waals surface area contributed by atoms with Crippen molar-refractivity contribution in [2.24, 2.45) is 0 Å². The molecule has 3 nitrogen and oxygen atoms in total. The number of rotatable bonds is 7. The molecule has 0 aromatic heterocycles. The second-order valence-corrected chi connectivity index (χ2v) is 7.46. The minimum atomic E-state index is -3.86. The van der Waals surface area contributed by atoms with Gasteiger partial charge in [-0.05, 0) is 24.6 Å². The highest BCUT2D eigenvalue weighted by atomic mass is 32.2. The van der Waals surface area contributed by atoms with Gasteiger partial charge in [0.15, 0.2) is 0 Å². The van der Waals surface area contributed by atoms with Crippen LogP contribution in [0.5, 0.6) is 0 Å². The van der Waals surface area contributed by atoms with Crippen LogP contribution in [0.15, 0.2) is 84.8 Å². The van der Waals surface area contributed by atoms with Crippen molar-refractivity contribution in [3.8, 4) is 12.5 Å². The Morgan fingerprint density at radius 3 is 2.12 bits per heavy atom. The average Bonchev–Trinajstić information content (AvgIpc) is 2.62. The molecule has 0 fully saturated rings. The van der Waals surface area contributed by atoms with Crippen LogP contribution in [0.2, 0.25) is 0 Å². The predicted molar refractivity (Wildman–Crippen MR) is 102 cm³/mol. The molecule has 2 rings (SSSR count). The van der Waals surface area contributed by atoms with Gasteiger partial charge in [0.05, 0.1) is 10.9 Å². The summed E-state index contributed by atoms with van der Waals surface area (Å²) in [4.78, 5) is 0.152. The third kappa shape index (κ3) is 3.84. The Morgan fingerprint density at radius 1 is 1.04 bits per heavy atom. The molecule has 2 aromatic rings. The first-order valence-electron chi connectivity index (χ1n) is 7.83. The molecule has 0 heterocycles. The first-order valence-corrected chi connectivity index (χ1v) is 9.27. The molecule has 0 saturated heterocycles. The van der Waals surface area contributed by atoms with Crippen molar-refractivity contribution in [3.63, 3.8) is 0 Å². The van der Waals surface area contributed by atoms with Gasteiger partial charge in [-0.1, -0.05) is 66.6 Å². The number of hydrogen-bond acceptors (Lipinski definition) is 2. The number of aryl methyl sites for hydroxylation is 1. The third-order valence-corrected chi connectivity index (χ3v) is 5.76. The summed E-state index contributed by atoms with van der Waals surface area (Å²) in [6, 6.07) is 17.8. The van der Waals surface area contributed by atoms with Crippen LogP contribution in [0, 0.1) is 19.4 Å². The maximum Gasteiger partial charge on any atom is 0.271 e. The first-order chi connectivity index (χ1) is 12.0. The number of terminal acetylenes is 1. The maximum absolute atomic E-state index is 13.0. The highest BCUT2D eigenvalue weighted by Gasteiger charge is 2.32. The lowest BCUT2D eigenvalue weighted by molar-refractivity contribution is 0.440. The number of nitrogens with zero attached hydrogens (tertiary/aromatic N) is 1. The normalized spacial score (nSPS) is 13.3. The minimum Gasteiger partial charge on any atom is -0.217 e. The monoisotopic (exact) mass is 351 g/mol. The Morgan fingerprint density at radius 2 is 1.64 bits per heavy atom. The lowest BCUT2D eigenvalue weighted by Gasteiger charge is -2.30. The van der Waals surface area contributed by atoms with E-state index in [0.717, 1.165) is 15.4 Å².